The van der Waals surface area contributed by atoms with Gasteiger partial charge in [-0.2, -0.15) is 0 Å². The number of hydrogen-bond donors (Lipinski definition) is 2. The molecular formula is C65H82O18Si12. The Labute approximate surface area is 574 Å². The van der Waals surface area contributed by atoms with Crippen molar-refractivity contribution >= 4 is 143 Å². The average Bonchev–Trinajstić information content (AvgIpc) is 0.691. The van der Waals surface area contributed by atoms with Crippen LogP contribution in [0.4, 0.5) is 0 Å². The highest BCUT2D eigenvalue weighted by Crippen LogP contribution is 2.45. The largest absolute Gasteiger partial charge is 0.515 e. The van der Waals surface area contributed by atoms with Crippen molar-refractivity contribution in [2.75, 3.05) is 39.6 Å². The van der Waals surface area contributed by atoms with Gasteiger partial charge in [0.25, 0.3) is 0 Å². The summed E-state index contributed by atoms with van der Waals surface area (Å²) < 4.78 is 130. The lowest BCUT2D eigenvalue weighted by Gasteiger charge is -2.57. The minimum atomic E-state index is -5.33. The van der Waals surface area contributed by atoms with Crippen molar-refractivity contribution in [3.05, 3.63) is 248 Å². The maximum atomic E-state index is 9.79. The Bertz CT molecular complexity index is 3650. The molecule has 4 radical (unpaired) electrons. The highest BCUT2D eigenvalue weighted by molar-refractivity contribution is 7.09. The number of rotatable bonds is 29. The number of hydrogen-bond acceptors (Lipinski definition) is 18. The van der Waals surface area contributed by atoms with Gasteiger partial charge in [-0.15, -0.1) is 0 Å². The van der Waals surface area contributed by atoms with Crippen LogP contribution in [0.2, 0.25) is 51.4 Å². The smallest absolute Gasteiger partial charge is 0.413 e. The Morgan fingerprint density at radius 2 is 0.600 bits per heavy atom. The van der Waals surface area contributed by atoms with Crippen LogP contribution in [-0.4, -0.2) is 156 Å². The highest BCUT2D eigenvalue weighted by Gasteiger charge is 2.80. The standard InChI is InChI=1S/C65H82O18Si12/c1-84-70-89(59-35-17-8-18-36-59)74-88(57-58-33-15-7-16-34-58)75-91(61-39-21-10-22-40-61,72-86(3,4)55-31-51-68-53-49-66)80-94(77-89,64-45-27-13-28-46-64)83-95(65-47-29-14-30-48-65)79-90(71-85-2,60-37-19-9-20-38-60)78-93(76-88,63-43-25-12-26-44-63)81-92(82-95,62-41-23-11-24-42-62)73-87(5,6)56-32-52-69-54-50-67/h7-30,33-48,66-67H,31-32,49-57H2,1-6H3. The zero-order chi connectivity index (χ0) is 66.4. The van der Waals surface area contributed by atoms with Crippen molar-refractivity contribution in [2.45, 2.75) is 70.3 Å². The molecule has 0 saturated carbocycles. The molecule has 498 valence electrons. The van der Waals surface area contributed by atoms with Gasteiger partial charge in [-0.1, -0.05) is 243 Å². The summed E-state index contributed by atoms with van der Waals surface area (Å²) in [6.45, 7) is 13.3. The second kappa shape index (κ2) is 31.9. The number of fused-ring (bicyclic) bond motifs is 4. The molecule has 0 spiro atoms. The second-order valence-electron chi connectivity index (χ2n) is 24.0. The van der Waals surface area contributed by atoms with Crippen LogP contribution >= 0.6 is 0 Å². The molecule has 4 heterocycles. The summed E-state index contributed by atoms with van der Waals surface area (Å²) in [5.41, 5.74) is 0.766. The molecule has 4 aliphatic heterocycles. The Hall–Kier alpha value is -4.36. The fourth-order valence-corrected chi connectivity index (χ4v) is 66.0. The third-order valence-electron chi connectivity index (χ3n) is 15.8. The molecule has 0 aliphatic carbocycles. The Morgan fingerprint density at radius 1 is 0.326 bits per heavy atom. The lowest BCUT2D eigenvalue weighted by molar-refractivity contribution is 0.0445. The molecule has 4 bridgehead atoms. The van der Waals surface area contributed by atoms with E-state index in [1.807, 2.05) is 256 Å². The van der Waals surface area contributed by atoms with Crippen molar-refractivity contribution in [1.29, 1.82) is 0 Å². The molecule has 8 atom stereocenters. The molecule has 8 aromatic carbocycles. The lowest BCUT2D eigenvalue weighted by Crippen LogP contribution is -2.90. The Kier molecular flexibility index (Phi) is 24.1. The summed E-state index contributed by atoms with van der Waals surface area (Å²) in [7, 11) is -47.6. The van der Waals surface area contributed by atoms with Gasteiger partial charge in [0.15, 0.2) is 16.6 Å². The van der Waals surface area contributed by atoms with Crippen molar-refractivity contribution in [3.63, 3.8) is 0 Å². The second-order valence-corrected chi connectivity index (χ2v) is 57.9. The number of aliphatic hydroxyl groups is 2. The molecule has 2 N–H and O–H groups in total. The quantitative estimate of drug-likeness (QED) is 0.0385. The summed E-state index contributed by atoms with van der Waals surface area (Å²) in [4.78, 5) is 0. The van der Waals surface area contributed by atoms with E-state index >= 15 is 0 Å². The predicted octanol–water partition coefficient (Wildman–Crippen LogP) is 6.45. The van der Waals surface area contributed by atoms with Crippen LogP contribution in [0.15, 0.2) is 243 Å². The Morgan fingerprint density at radius 3 is 0.937 bits per heavy atom. The number of benzene rings is 8. The van der Waals surface area contributed by atoms with Gasteiger partial charge in [0, 0.05) is 55.6 Å². The number of aliphatic hydroxyl groups excluding tert-OH is 2. The van der Waals surface area contributed by atoms with Crippen molar-refractivity contribution in [2.24, 2.45) is 0 Å². The van der Waals surface area contributed by atoms with E-state index in [0.29, 0.717) is 74.5 Å². The maximum absolute atomic E-state index is 9.79. The zero-order valence-corrected chi connectivity index (χ0v) is 66.3. The molecule has 12 rings (SSSR count). The Balaban J connectivity index is 1.37. The summed E-state index contributed by atoms with van der Waals surface area (Å²) in [6.07, 6.45) is 1.17. The fourth-order valence-electron chi connectivity index (χ4n) is 11.7. The molecule has 8 aromatic rings. The molecule has 30 heteroatoms. The van der Waals surface area contributed by atoms with E-state index in [-0.39, 0.29) is 52.0 Å². The van der Waals surface area contributed by atoms with Crippen LogP contribution in [0, 0.1) is 0 Å². The van der Waals surface area contributed by atoms with Gasteiger partial charge < -0.3 is 77.3 Å². The van der Waals surface area contributed by atoms with E-state index in [0.717, 1.165) is 5.56 Å². The monoisotopic (exact) mass is 1490 g/mol. The molecule has 18 nitrogen and oxygen atoms in total. The molecule has 8 unspecified atom stereocenters. The van der Waals surface area contributed by atoms with E-state index in [1.165, 1.54) is 0 Å². The van der Waals surface area contributed by atoms with E-state index in [9.17, 15) is 10.2 Å². The third kappa shape index (κ3) is 16.8. The molecule has 4 aliphatic rings. The van der Waals surface area contributed by atoms with E-state index in [4.69, 9.17) is 67.1 Å². The predicted molar refractivity (Wildman–Crippen MR) is 387 cm³/mol. The van der Waals surface area contributed by atoms with Crippen molar-refractivity contribution in [3.8, 4) is 0 Å². The summed E-state index contributed by atoms with van der Waals surface area (Å²) in [5, 5.41) is 23.2. The zero-order valence-electron chi connectivity index (χ0n) is 54.3. The average molecular weight is 1490 g/mol. The molecule has 4 saturated heterocycles. The van der Waals surface area contributed by atoms with Gasteiger partial charge >= 0.3 is 70.4 Å². The number of ether oxygens (including phenoxy) is 2. The van der Waals surface area contributed by atoms with Crippen LogP contribution in [0.3, 0.4) is 0 Å². The minimum Gasteiger partial charge on any atom is -0.413 e. The maximum Gasteiger partial charge on any atom is 0.515 e. The van der Waals surface area contributed by atoms with Gasteiger partial charge in [-0.05, 0) is 69.8 Å². The van der Waals surface area contributed by atoms with E-state index in [2.05, 4.69) is 26.2 Å². The lowest BCUT2D eigenvalue weighted by atomic mass is 10.2. The van der Waals surface area contributed by atoms with E-state index in [1.54, 1.807) is 0 Å². The summed E-state index contributed by atoms with van der Waals surface area (Å²) in [6, 6.07) is 78.8. The van der Waals surface area contributed by atoms with Crippen LogP contribution in [-0.2, 0) is 73.1 Å². The van der Waals surface area contributed by atoms with Crippen molar-refractivity contribution < 1.29 is 77.3 Å². The van der Waals surface area contributed by atoms with E-state index < -0.39 is 87.1 Å². The van der Waals surface area contributed by atoms with Crippen LogP contribution in [0.1, 0.15) is 18.4 Å². The first-order valence-corrected chi connectivity index (χ1v) is 55.0. The van der Waals surface area contributed by atoms with Gasteiger partial charge in [-0.3, -0.25) is 0 Å². The highest BCUT2D eigenvalue weighted by atomic mass is 28.6. The normalized spacial score (nSPS) is 27.2. The first kappa shape index (κ1) is 71.9. The molecule has 0 aromatic heterocycles. The first-order chi connectivity index (χ1) is 46.0. The summed E-state index contributed by atoms with van der Waals surface area (Å²) >= 11 is 0. The third-order valence-corrected chi connectivity index (χ3v) is 59.4. The van der Waals surface area contributed by atoms with Crippen LogP contribution < -0.4 is 36.3 Å². The fraction of sp³-hybridized carbons (Fsp3) is 0.262. The van der Waals surface area contributed by atoms with Gasteiger partial charge in [0.2, 0.25) is 19.5 Å². The van der Waals surface area contributed by atoms with Crippen LogP contribution in [0.5, 0.6) is 0 Å². The molecule has 4 fully saturated rings. The minimum absolute atomic E-state index is 0.0646. The summed E-state index contributed by atoms with van der Waals surface area (Å²) in [5.74, 6) is 0. The molecule has 95 heavy (non-hydrogen) atoms. The molecule has 0 amide bonds. The SMILES string of the molecule is C[Si]O[Si]1(c2ccccc2)O[Si]2(Cc3ccccc3)O[Si](O[Si](C)(C)CCCOCCO)(c3ccccc3)O[Si](c3ccccc3)(O1)O[Si]1(c3ccccc3)O[Si](O[Si]C)(c3ccccc3)O[Si](c3ccccc3)(O2)O[Si](O[Si](C)(C)CCCOCCO)(c2ccccc2)O1. The van der Waals surface area contributed by atoms with Gasteiger partial charge in [0.1, 0.15) is 0 Å². The first-order valence-electron chi connectivity index (χ1n) is 32.0. The van der Waals surface area contributed by atoms with Crippen molar-refractivity contribution in [1.82, 2.24) is 0 Å². The van der Waals surface area contributed by atoms with Gasteiger partial charge in [-0.25, -0.2) is 0 Å². The van der Waals surface area contributed by atoms with Gasteiger partial charge in [0.05, 0.1) is 26.4 Å². The topological polar surface area (TPSA) is 188 Å². The van der Waals surface area contributed by atoms with Crippen LogP contribution in [0.25, 0.3) is 0 Å². The molecular weight excluding hydrogens is 1410 g/mol.